The molecule has 20 heavy (non-hydrogen) atoms. The summed E-state index contributed by atoms with van der Waals surface area (Å²) in [5, 5.41) is 11.0. The second-order valence-electron chi connectivity index (χ2n) is 4.10. The van der Waals surface area contributed by atoms with Crippen LogP contribution in [0, 0.1) is 5.82 Å². The Labute approximate surface area is 114 Å². The van der Waals surface area contributed by atoms with Crippen molar-refractivity contribution in [2.45, 2.75) is 32.3 Å². The van der Waals surface area contributed by atoms with Gasteiger partial charge in [0.25, 0.3) is 0 Å². The maximum atomic E-state index is 13.0. The normalized spacial score (nSPS) is 10.7. The lowest BCUT2D eigenvalue weighted by molar-refractivity contribution is -0.116. The second-order valence-corrected chi connectivity index (χ2v) is 4.10. The first-order chi connectivity index (χ1) is 9.52. The number of anilines is 1. The quantitative estimate of drug-likeness (QED) is 0.724. The summed E-state index contributed by atoms with van der Waals surface area (Å²) >= 11 is 0. The van der Waals surface area contributed by atoms with Crippen molar-refractivity contribution in [2.75, 3.05) is 11.9 Å². The van der Waals surface area contributed by atoms with E-state index in [1.54, 1.807) is 0 Å². The monoisotopic (exact) mass is 291 g/mol. The molecule has 0 atom stereocenters. The second kappa shape index (κ2) is 8.42. The summed E-state index contributed by atoms with van der Waals surface area (Å²) in [6.45, 7) is -3.04. The molecule has 7 heteroatoms. The van der Waals surface area contributed by atoms with Crippen LogP contribution in [-0.2, 0) is 4.79 Å². The number of amides is 1. The lowest BCUT2D eigenvalue weighted by Gasteiger charge is -2.12. The van der Waals surface area contributed by atoms with Crippen LogP contribution >= 0.6 is 0 Å². The topological polar surface area (TPSA) is 58.6 Å². The highest BCUT2D eigenvalue weighted by Gasteiger charge is 2.13. The number of unbranched alkanes of at least 4 members (excludes halogenated alkanes) is 2. The van der Waals surface area contributed by atoms with Crippen molar-refractivity contribution in [3.8, 4) is 5.75 Å². The molecular formula is C13H16F3NO3. The van der Waals surface area contributed by atoms with Gasteiger partial charge in [-0.1, -0.05) is 6.42 Å². The molecule has 1 rings (SSSR count). The third-order valence-corrected chi connectivity index (χ3v) is 2.50. The number of alkyl halides is 2. The molecule has 0 fully saturated rings. The highest BCUT2D eigenvalue weighted by atomic mass is 19.3. The van der Waals surface area contributed by atoms with E-state index < -0.39 is 18.2 Å². The minimum Gasteiger partial charge on any atom is -0.432 e. The maximum Gasteiger partial charge on any atom is 0.387 e. The van der Waals surface area contributed by atoms with Gasteiger partial charge in [-0.25, -0.2) is 4.39 Å². The van der Waals surface area contributed by atoms with Crippen molar-refractivity contribution in [3.63, 3.8) is 0 Å². The first kappa shape index (κ1) is 16.3. The number of aliphatic hydroxyl groups excluding tert-OH is 1. The Balaban J connectivity index is 2.59. The molecule has 0 aromatic heterocycles. The van der Waals surface area contributed by atoms with Gasteiger partial charge in [0.05, 0.1) is 5.69 Å². The number of nitrogens with one attached hydrogen (secondary N) is 1. The summed E-state index contributed by atoms with van der Waals surface area (Å²) in [5.74, 6) is -1.53. The van der Waals surface area contributed by atoms with Gasteiger partial charge >= 0.3 is 6.61 Å². The number of hydrogen-bond acceptors (Lipinski definition) is 3. The van der Waals surface area contributed by atoms with E-state index >= 15 is 0 Å². The van der Waals surface area contributed by atoms with Gasteiger partial charge in [0.1, 0.15) is 5.82 Å². The van der Waals surface area contributed by atoms with Gasteiger partial charge in [0.15, 0.2) is 5.75 Å². The van der Waals surface area contributed by atoms with Gasteiger partial charge in [-0.3, -0.25) is 4.79 Å². The fraction of sp³-hybridized carbons (Fsp3) is 0.462. The Bertz CT molecular complexity index is 441. The molecule has 2 N–H and O–H groups in total. The molecular weight excluding hydrogens is 275 g/mol. The van der Waals surface area contributed by atoms with Gasteiger partial charge in [-0.05, 0) is 25.0 Å². The maximum absolute atomic E-state index is 13.0. The first-order valence-electron chi connectivity index (χ1n) is 6.18. The van der Waals surface area contributed by atoms with Crippen LogP contribution < -0.4 is 10.1 Å². The highest BCUT2D eigenvalue weighted by Crippen LogP contribution is 2.27. The van der Waals surface area contributed by atoms with Crippen molar-refractivity contribution in [2.24, 2.45) is 0 Å². The Morgan fingerprint density at radius 1 is 1.30 bits per heavy atom. The van der Waals surface area contributed by atoms with Crippen LogP contribution in [0.15, 0.2) is 18.2 Å². The van der Waals surface area contributed by atoms with Crippen molar-refractivity contribution in [1.82, 2.24) is 0 Å². The van der Waals surface area contributed by atoms with Crippen LogP contribution in [0.4, 0.5) is 18.9 Å². The molecule has 0 spiro atoms. The first-order valence-corrected chi connectivity index (χ1v) is 6.18. The largest absolute Gasteiger partial charge is 0.432 e. The molecule has 0 unspecified atom stereocenters. The Hall–Kier alpha value is -1.76. The summed E-state index contributed by atoms with van der Waals surface area (Å²) in [6.07, 6.45) is 2.04. The van der Waals surface area contributed by atoms with Crippen molar-refractivity contribution >= 4 is 11.6 Å². The molecule has 1 aromatic carbocycles. The lowest BCUT2D eigenvalue weighted by Crippen LogP contribution is -2.13. The van der Waals surface area contributed by atoms with Crippen molar-refractivity contribution < 1.29 is 27.8 Å². The predicted octanol–water partition coefficient (Wildman–Crippen LogP) is 2.92. The van der Waals surface area contributed by atoms with E-state index in [0.717, 1.165) is 12.1 Å². The lowest BCUT2D eigenvalue weighted by atomic mass is 10.2. The molecule has 0 radical (unpaired) electrons. The van der Waals surface area contributed by atoms with Crippen molar-refractivity contribution in [1.29, 1.82) is 0 Å². The molecule has 112 valence electrons. The molecule has 0 saturated carbocycles. The summed E-state index contributed by atoms with van der Waals surface area (Å²) in [4.78, 5) is 11.6. The van der Waals surface area contributed by atoms with Gasteiger partial charge in [-0.15, -0.1) is 0 Å². The average Bonchev–Trinajstić information content (AvgIpc) is 2.37. The van der Waals surface area contributed by atoms with E-state index in [2.05, 4.69) is 10.1 Å². The zero-order chi connectivity index (χ0) is 15.0. The zero-order valence-corrected chi connectivity index (χ0v) is 10.7. The fourth-order valence-electron chi connectivity index (χ4n) is 1.58. The standard InChI is InChI=1S/C13H16F3NO3/c14-9-5-6-10(11(8-9)20-13(15)16)17-12(19)4-2-1-3-7-18/h5-6,8,13,18H,1-4,7H2,(H,17,19). The van der Waals surface area contributed by atoms with E-state index in [1.807, 2.05) is 0 Å². The number of ether oxygens (including phenoxy) is 1. The fourth-order valence-corrected chi connectivity index (χ4v) is 1.58. The van der Waals surface area contributed by atoms with Gasteiger partial charge in [-0.2, -0.15) is 8.78 Å². The SMILES string of the molecule is O=C(CCCCCO)Nc1ccc(F)cc1OC(F)F. The molecule has 0 saturated heterocycles. The minimum absolute atomic E-state index is 0.00106. The van der Waals surface area contributed by atoms with Crippen molar-refractivity contribution in [3.05, 3.63) is 24.0 Å². The smallest absolute Gasteiger partial charge is 0.387 e. The average molecular weight is 291 g/mol. The zero-order valence-electron chi connectivity index (χ0n) is 10.7. The third-order valence-electron chi connectivity index (χ3n) is 2.50. The van der Waals surface area contributed by atoms with Crippen LogP contribution in [-0.4, -0.2) is 24.2 Å². The van der Waals surface area contributed by atoms with E-state index in [-0.39, 0.29) is 24.6 Å². The third kappa shape index (κ3) is 5.92. The van der Waals surface area contributed by atoms with Crippen LogP contribution in [0.3, 0.4) is 0 Å². The van der Waals surface area contributed by atoms with Crippen LogP contribution in [0.1, 0.15) is 25.7 Å². The van der Waals surface area contributed by atoms with E-state index in [1.165, 1.54) is 6.07 Å². The Kier molecular flexibility index (Phi) is 6.86. The molecule has 0 aliphatic carbocycles. The number of halogens is 3. The number of benzene rings is 1. The van der Waals surface area contributed by atoms with Gasteiger partial charge in [0, 0.05) is 19.1 Å². The minimum atomic E-state index is -3.10. The van der Waals surface area contributed by atoms with E-state index in [4.69, 9.17) is 5.11 Å². The molecule has 0 heterocycles. The number of carbonyl (C=O) groups excluding carboxylic acids is 1. The summed E-state index contributed by atoms with van der Waals surface area (Å²) in [6, 6.07) is 2.99. The Morgan fingerprint density at radius 2 is 2.05 bits per heavy atom. The molecule has 0 aliphatic rings. The predicted molar refractivity (Wildman–Crippen MR) is 67.2 cm³/mol. The Morgan fingerprint density at radius 3 is 2.70 bits per heavy atom. The van der Waals surface area contributed by atoms with Crippen LogP contribution in [0.5, 0.6) is 5.75 Å². The van der Waals surface area contributed by atoms with Gasteiger partial charge < -0.3 is 15.2 Å². The van der Waals surface area contributed by atoms with Crippen LogP contribution in [0.2, 0.25) is 0 Å². The number of hydrogen-bond donors (Lipinski definition) is 2. The summed E-state index contributed by atoms with van der Waals surface area (Å²) < 4.78 is 41.5. The summed E-state index contributed by atoms with van der Waals surface area (Å²) in [7, 11) is 0. The molecule has 0 aliphatic heterocycles. The molecule has 4 nitrogen and oxygen atoms in total. The number of rotatable bonds is 8. The molecule has 1 aromatic rings. The highest BCUT2D eigenvalue weighted by molar-refractivity contribution is 5.92. The van der Waals surface area contributed by atoms with E-state index in [0.29, 0.717) is 19.3 Å². The van der Waals surface area contributed by atoms with Crippen LogP contribution in [0.25, 0.3) is 0 Å². The molecule has 1 amide bonds. The number of carbonyl (C=O) groups is 1. The number of aliphatic hydroxyl groups is 1. The molecule has 0 bridgehead atoms. The van der Waals surface area contributed by atoms with E-state index in [9.17, 15) is 18.0 Å². The van der Waals surface area contributed by atoms with Gasteiger partial charge in [0.2, 0.25) is 5.91 Å². The summed E-state index contributed by atoms with van der Waals surface area (Å²) in [5.41, 5.74) is -0.00106.